The molecule has 144 valence electrons. The van der Waals surface area contributed by atoms with E-state index >= 15 is 0 Å². The molecule has 0 aliphatic carbocycles. The smallest absolute Gasteiger partial charge is 0.188 e. The van der Waals surface area contributed by atoms with E-state index in [4.69, 9.17) is 0 Å². The molecule has 29 heavy (non-hydrogen) atoms. The summed E-state index contributed by atoms with van der Waals surface area (Å²) in [7, 11) is 0. The second-order valence-corrected chi connectivity index (χ2v) is 6.78. The number of carbonyl (C=O) groups excluding carboxylic acids is 2. The summed E-state index contributed by atoms with van der Waals surface area (Å²) >= 11 is 0. The lowest BCUT2D eigenvalue weighted by atomic mass is 9.97. The Morgan fingerprint density at radius 3 is 2.28 bits per heavy atom. The van der Waals surface area contributed by atoms with E-state index in [1.807, 2.05) is 44.3 Å². The second-order valence-electron chi connectivity index (χ2n) is 6.78. The molecular weight excluding hydrogens is 366 g/mol. The summed E-state index contributed by atoms with van der Waals surface area (Å²) in [5, 5.41) is 8.54. The first-order valence-corrected chi connectivity index (χ1v) is 9.16. The van der Waals surface area contributed by atoms with Crippen molar-refractivity contribution in [3.8, 4) is 11.4 Å². The van der Waals surface area contributed by atoms with Crippen molar-refractivity contribution in [1.82, 2.24) is 24.5 Å². The monoisotopic (exact) mass is 385 g/mol. The zero-order valence-electron chi connectivity index (χ0n) is 16.1. The van der Waals surface area contributed by atoms with Crippen LogP contribution in [0.2, 0.25) is 0 Å². The molecule has 0 unspecified atom stereocenters. The number of hydrogen-bond donors (Lipinski definition) is 0. The van der Waals surface area contributed by atoms with Gasteiger partial charge in [-0.2, -0.15) is 10.2 Å². The molecule has 0 N–H and O–H groups in total. The van der Waals surface area contributed by atoms with Gasteiger partial charge in [0.2, 0.25) is 0 Å². The zero-order valence-corrected chi connectivity index (χ0v) is 16.1. The molecule has 7 heteroatoms. The highest BCUT2D eigenvalue weighted by Gasteiger charge is 2.20. The van der Waals surface area contributed by atoms with Gasteiger partial charge in [-0.25, -0.2) is 9.36 Å². The Morgan fingerprint density at radius 2 is 1.62 bits per heavy atom. The Bertz CT molecular complexity index is 1180. The highest BCUT2D eigenvalue weighted by molar-refractivity contribution is 6.13. The predicted molar refractivity (Wildman–Crippen MR) is 108 cm³/mol. The van der Waals surface area contributed by atoms with Crippen LogP contribution in [0.3, 0.4) is 0 Å². The molecule has 3 heterocycles. The number of aryl methyl sites for hydroxylation is 1. The first-order chi connectivity index (χ1) is 14.0. The SMILES string of the molecule is Cc1ccnc(C(=O)CC(=O)c2cc(-n3cccn3)cc(-n3cccn3)c2C)c1. The number of ketones is 2. The molecule has 4 rings (SSSR count). The Kier molecular flexibility index (Phi) is 4.87. The lowest BCUT2D eigenvalue weighted by Crippen LogP contribution is -2.14. The summed E-state index contributed by atoms with van der Waals surface area (Å²) in [4.78, 5) is 29.8. The van der Waals surface area contributed by atoms with E-state index in [2.05, 4.69) is 15.2 Å². The van der Waals surface area contributed by atoms with E-state index in [0.717, 1.165) is 22.5 Å². The molecule has 0 saturated carbocycles. The third kappa shape index (κ3) is 3.75. The van der Waals surface area contributed by atoms with Gasteiger partial charge in [0.05, 0.1) is 17.8 Å². The van der Waals surface area contributed by atoms with Gasteiger partial charge in [-0.3, -0.25) is 14.6 Å². The summed E-state index contributed by atoms with van der Waals surface area (Å²) < 4.78 is 3.37. The number of aromatic nitrogens is 5. The maximum atomic E-state index is 13.1. The van der Waals surface area contributed by atoms with Crippen LogP contribution < -0.4 is 0 Å². The minimum atomic E-state index is -0.303. The molecule has 0 saturated heterocycles. The van der Waals surface area contributed by atoms with Crippen molar-refractivity contribution in [2.24, 2.45) is 0 Å². The van der Waals surface area contributed by atoms with Crippen molar-refractivity contribution in [2.75, 3.05) is 0 Å². The van der Waals surface area contributed by atoms with Gasteiger partial charge < -0.3 is 0 Å². The minimum absolute atomic E-state index is 0.252. The van der Waals surface area contributed by atoms with Crippen molar-refractivity contribution in [1.29, 1.82) is 0 Å². The van der Waals surface area contributed by atoms with Gasteiger partial charge in [-0.15, -0.1) is 0 Å². The number of Topliss-reactive ketones (excluding diaryl/α,β-unsaturated/α-hetero) is 2. The van der Waals surface area contributed by atoms with E-state index < -0.39 is 0 Å². The van der Waals surface area contributed by atoms with E-state index in [0.29, 0.717) is 11.3 Å². The average molecular weight is 385 g/mol. The Hall–Kier alpha value is -3.87. The lowest BCUT2D eigenvalue weighted by molar-refractivity contribution is 0.0891. The second kappa shape index (κ2) is 7.63. The first-order valence-electron chi connectivity index (χ1n) is 9.16. The zero-order chi connectivity index (χ0) is 20.4. The van der Waals surface area contributed by atoms with Crippen molar-refractivity contribution in [2.45, 2.75) is 20.3 Å². The third-order valence-corrected chi connectivity index (χ3v) is 4.71. The van der Waals surface area contributed by atoms with Crippen molar-refractivity contribution >= 4 is 11.6 Å². The van der Waals surface area contributed by atoms with Crippen LogP contribution >= 0.6 is 0 Å². The topological polar surface area (TPSA) is 82.7 Å². The molecule has 0 aliphatic heterocycles. The molecule has 0 atom stereocenters. The van der Waals surface area contributed by atoms with E-state index in [-0.39, 0.29) is 18.0 Å². The maximum absolute atomic E-state index is 13.1. The van der Waals surface area contributed by atoms with Crippen LogP contribution in [-0.4, -0.2) is 36.1 Å². The van der Waals surface area contributed by atoms with Crippen LogP contribution in [0.4, 0.5) is 0 Å². The summed E-state index contributed by atoms with van der Waals surface area (Å²) in [6.07, 6.45) is 8.28. The normalized spacial score (nSPS) is 10.8. The highest BCUT2D eigenvalue weighted by Crippen LogP contribution is 2.24. The lowest BCUT2D eigenvalue weighted by Gasteiger charge is -2.14. The summed E-state index contributed by atoms with van der Waals surface area (Å²) in [5.41, 5.74) is 3.91. The van der Waals surface area contributed by atoms with Crippen molar-refractivity contribution < 1.29 is 9.59 Å². The first kappa shape index (κ1) is 18.5. The van der Waals surface area contributed by atoms with Gasteiger partial charge in [0.15, 0.2) is 11.6 Å². The number of rotatable bonds is 6. The van der Waals surface area contributed by atoms with Crippen LogP contribution in [0.5, 0.6) is 0 Å². The maximum Gasteiger partial charge on any atom is 0.188 e. The van der Waals surface area contributed by atoms with Gasteiger partial charge in [-0.05, 0) is 61.4 Å². The fourth-order valence-corrected chi connectivity index (χ4v) is 3.20. The largest absolute Gasteiger partial charge is 0.294 e. The van der Waals surface area contributed by atoms with Gasteiger partial charge in [0.1, 0.15) is 5.69 Å². The molecule has 0 radical (unpaired) electrons. The number of carbonyl (C=O) groups is 2. The highest BCUT2D eigenvalue weighted by atomic mass is 16.1. The molecule has 0 spiro atoms. The van der Waals surface area contributed by atoms with Gasteiger partial charge in [0, 0.05) is 36.5 Å². The molecule has 7 nitrogen and oxygen atoms in total. The van der Waals surface area contributed by atoms with Crippen molar-refractivity contribution in [3.05, 3.63) is 89.8 Å². The van der Waals surface area contributed by atoms with Gasteiger partial charge >= 0.3 is 0 Å². The number of hydrogen-bond acceptors (Lipinski definition) is 5. The quantitative estimate of drug-likeness (QED) is 0.375. The fourth-order valence-electron chi connectivity index (χ4n) is 3.20. The Morgan fingerprint density at radius 1 is 0.897 bits per heavy atom. The fraction of sp³-hybridized carbons (Fsp3) is 0.136. The van der Waals surface area contributed by atoms with Crippen LogP contribution in [0.1, 0.15) is 38.4 Å². The van der Waals surface area contributed by atoms with Crippen LogP contribution in [0.25, 0.3) is 11.4 Å². The van der Waals surface area contributed by atoms with Crippen LogP contribution in [-0.2, 0) is 0 Å². The van der Waals surface area contributed by atoms with Gasteiger partial charge in [-0.1, -0.05) is 0 Å². The molecule has 1 aromatic carbocycles. The molecule has 0 aliphatic rings. The summed E-state index contributed by atoms with van der Waals surface area (Å²) in [6.45, 7) is 3.74. The average Bonchev–Trinajstić information content (AvgIpc) is 3.42. The molecule has 3 aromatic heterocycles. The van der Waals surface area contributed by atoms with Crippen LogP contribution in [0, 0.1) is 13.8 Å². The predicted octanol–water partition coefficient (Wildman–Crippen LogP) is 3.53. The van der Waals surface area contributed by atoms with E-state index in [9.17, 15) is 9.59 Å². The summed E-state index contributed by atoms with van der Waals surface area (Å²) in [6, 6.07) is 10.8. The Labute approximate surface area is 167 Å². The standard InChI is InChI=1S/C22H19N5O2/c1-15-5-8-23-19(11-15)22(29)14-21(28)18-12-17(26-9-3-6-24-26)13-20(16(18)2)27-10-4-7-25-27/h3-13H,14H2,1-2H3. The summed E-state index contributed by atoms with van der Waals surface area (Å²) in [5.74, 6) is -0.568. The van der Waals surface area contributed by atoms with E-state index in [1.54, 1.807) is 46.3 Å². The number of pyridine rings is 1. The molecule has 0 fully saturated rings. The van der Waals surface area contributed by atoms with Crippen LogP contribution in [0.15, 0.2) is 67.4 Å². The Balaban J connectivity index is 1.74. The van der Waals surface area contributed by atoms with Crippen molar-refractivity contribution in [3.63, 3.8) is 0 Å². The molecule has 4 aromatic rings. The molecular formula is C22H19N5O2. The molecule has 0 bridgehead atoms. The molecule has 0 amide bonds. The van der Waals surface area contributed by atoms with Gasteiger partial charge in [0.25, 0.3) is 0 Å². The third-order valence-electron chi connectivity index (χ3n) is 4.71. The number of benzene rings is 1. The van der Waals surface area contributed by atoms with E-state index in [1.165, 1.54) is 0 Å². The number of nitrogens with zero attached hydrogens (tertiary/aromatic N) is 5. The minimum Gasteiger partial charge on any atom is -0.294 e.